The molecule has 0 radical (unpaired) electrons. The van der Waals surface area contributed by atoms with Crippen molar-refractivity contribution in [3.05, 3.63) is 12.2 Å². The molecule has 3 N–H and O–H groups in total. The molecule has 0 aromatic carbocycles. The van der Waals surface area contributed by atoms with Crippen LogP contribution >= 0.6 is 0 Å². The fraction of sp³-hybridized carbons (Fsp3) is 0.741. The number of oxime groups is 1. The van der Waals surface area contributed by atoms with E-state index in [-0.39, 0.29) is 34.9 Å². The number of hydrogen-bond donors (Lipinski definition) is 3. The van der Waals surface area contributed by atoms with E-state index < -0.39 is 11.9 Å². The lowest BCUT2D eigenvalue weighted by atomic mass is 9.51. The fourth-order valence-electron chi connectivity index (χ4n) is 7.38. The molecule has 0 spiro atoms. The molecule has 204 valence electrons. The van der Waals surface area contributed by atoms with E-state index in [9.17, 15) is 19.2 Å². The van der Waals surface area contributed by atoms with Crippen LogP contribution in [0.1, 0.15) is 71.6 Å². The Kier molecular flexibility index (Phi) is 8.06. The number of ether oxygens (including phenoxy) is 1. The summed E-state index contributed by atoms with van der Waals surface area (Å²) in [6.07, 6.45) is 8.83. The smallest absolute Gasteiger partial charge is 0.328 e. The summed E-state index contributed by atoms with van der Waals surface area (Å²) in [5.74, 6) is -1.12. The van der Waals surface area contributed by atoms with Gasteiger partial charge in [-0.05, 0) is 56.4 Å². The third-order valence-corrected chi connectivity index (χ3v) is 9.49. The number of rotatable bonds is 4. The normalized spacial score (nSPS) is 40.1. The number of carbonyl (C=O) groups excluding carboxylic acids is 2. The van der Waals surface area contributed by atoms with Gasteiger partial charge >= 0.3 is 17.9 Å². The van der Waals surface area contributed by atoms with Gasteiger partial charge in [0.25, 0.3) is 0 Å². The van der Waals surface area contributed by atoms with Crippen LogP contribution in [0.4, 0.5) is 0 Å². The Hall–Kier alpha value is -2.75. The van der Waals surface area contributed by atoms with Gasteiger partial charge in [-0.3, -0.25) is 9.59 Å². The minimum atomic E-state index is -1.26. The summed E-state index contributed by atoms with van der Waals surface area (Å²) in [5.41, 5.74) is 0.780. The van der Waals surface area contributed by atoms with Crippen LogP contribution < -0.4 is 5.32 Å². The van der Waals surface area contributed by atoms with Gasteiger partial charge in [0.2, 0.25) is 0 Å². The van der Waals surface area contributed by atoms with Crippen molar-refractivity contribution >= 4 is 29.4 Å². The summed E-state index contributed by atoms with van der Waals surface area (Å²) >= 11 is 0. The summed E-state index contributed by atoms with van der Waals surface area (Å²) < 4.78 is 6.05. The number of carboxylic acids is 2. The zero-order chi connectivity index (χ0) is 26.8. The van der Waals surface area contributed by atoms with E-state index >= 15 is 0 Å². The Morgan fingerprint density at radius 3 is 2.41 bits per heavy atom. The number of carboxylic acid groups (broad SMARTS) is 2. The van der Waals surface area contributed by atoms with E-state index in [0.717, 1.165) is 57.3 Å². The third-order valence-electron chi connectivity index (χ3n) is 9.49. The monoisotopic (exact) mass is 518 g/mol. The predicted molar refractivity (Wildman–Crippen MR) is 133 cm³/mol. The summed E-state index contributed by atoms with van der Waals surface area (Å²) in [6, 6.07) is 0. The highest BCUT2D eigenvalue weighted by molar-refractivity contribution is 5.89. The highest BCUT2D eigenvalue weighted by Gasteiger charge is 2.60. The molecule has 0 aromatic heterocycles. The lowest BCUT2D eigenvalue weighted by molar-refractivity contribution is -0.154. The van der Waals surface area contributed by atoms with Crippen LogP contribution in [0, 0.1) is 28.6 Å². The van der Waals surface area contributed by atoms with Gasteiger partial charge in [-0.15, -0.1) is 0 Å². The Labute approximate surface area is 216 Å². The van der Waals surface area contributed by atoms with Crippen LogP contribution in [0.3, 0.4) is 0 Å². The van der Waals surface area contributed by atoms with Crippen molar-refractivity contribution in [2.24, 2.45) is 33.7 Å². The second-order valence-electron chi connectivity index (χ2n) is 11.6. The van der Waals surface area contributed by atoms with E-state index in [1.54, 1.807) is 0 Å². The standard InChI is InChI=1S/C23H34N2O4.C4H4O4/c1-22-9-6-18-16(17(22)3-4-19(22)26)12-21(27)28-20-11-14(5-8-23(18,20)2)25-29-15-7-10-24-13-15;5-3(6)1-2-4(7)8/h15-18,20,24H,3-13H2,1-2H3;1-2H,(H,5,6)(H,7,8)/b25-14+;2-1+/t15-,16+,17+,18+,20?,22+,23-;/m1./s1. The van der Waals surface area contributed by atoms with Crippen molar-refractivity contribution in [3.8, 4) is 0 Å². The number of nitrogens with one attached hydrogen (secondary N) is 1. The molecule has 2 aliphatic heterocycles. The molecular formula is C27H38N2O8. The maximum absolute atomic E-state index is 12.8. The number of fused-ring (bicyclic) bond motifs is 5. The number of nitrogens with zero attached hydrogens (tertiary/aromatic N) is 1. The topological polar surface area (TPSA) is 152 Å². The molecular weight excluding hydrogens is 480 g/mol. The van der Waals surface area contributed by atoms with Crippen LogP contribution in [0.15, 0.2) is 17.3 Å². The molecule has 3 saturated carbocycles. The van der Waals surface area contributed by atoms with Crippen LogP contribution in [-0.4, -0.2) is 64.9 Å². The Morgan fingerprint density at radius 1 is 1.03 bits per heavy atom. The first-order chi connectivity index (χ1) is 17.5. The minimum Gasteiger partial charge on any atom is -0.478 e. The molecule has 1 unspecified atom stereocenters. The first kappa shape index (κ1) is 27.3. The van der Waals surface area contributed by atoms with Gasteiger partial charge in [0.15, 0.2) is 0 Å². The summed E-state index contributed by atoms with van der Waals surface area (Å²) in [5, 5.41) is 23.4. The second kappa shape index (κ2) is 10.9. The van der Waals surface area contributed by atoms with Crippen molar-refractivity contribution in [2.75, 3.05) is 13.1 Å². The minimum absolute atomic E-state index is 0.0300. The fourth-order valence-corrected chi connectivity index (χ4v) is 7.38. The van der Waals surface area contributed by atoms with Crippen LogP contribution in [-0.2, 0) is 28.8 Å². The first-order valence-corrected chi connectivity index (χ1v) is 13.3. The molecule has 2 heterocycles. The number of carbonyl (C=O) groups is 4. The molecule has 10 nitrogen and oxygen atoms in total. The van der Waals surface area contributed by atoms with Crippen LogP contribution in [0.25, 0.3) is 0 Å². The van der Waals surface area contributed by atoms with E-state index in [0.29, 0.717) is 49.0 Å². The SMILES string of the molecule is C[C@]12CC/C(=N\O[C@@H]3CCNC3)CC1OC(=O)C[C@@H]1[C@@H]2CC[C@]2(C)C(=O)CC[C@@H]12.O=C(O)/C=C/C(=O)O. The van der Waals surface area contributed by atoms with Gasteiger partial charge in [-0.1, -0.05) is 19.0 Å². The van der Waals surface area contributed by atoms with E-state index in [4.69, 9.17) is 19.8 Å². The number of hydrogen-bond acceptors (Lipinski definition) is 8. The molecule has 7 atom stereocenters. The van der Waals surface area contributed by atoms with Gasteiger partial charge < -0.3 is 25.1 Å². The van der Waals surface area contributed by atoms with E-state index in [1.807, 2.05) is 0 Å². The van der Waals surface area contributed by atoms with Crippen molar-refractivity contribution < 1.29 is 39.0 Å². The molecule has 2 saturated heterocycles. The molecule has 0 aromatic rings. The molecule has 5 aliphatic rings. The number of Topliss-reactive ketones (excluding diaryl/α,β-unsaturated/α-hetero) is 1. The van der Waals surface area contributed by atoms with E-state index in [2.05, 4.69) is 24.3 Å². The molecule has 5 fully saturated rings. The van der Waals surface area contributed by atoms with Gasteiger partial charge in [0, 0.05) is 55.2 Å². The van der Waals surface area contributed by atoms with Gasteiger partial charge in [-0.25, -0.2) is 9.59 Å². The highest BCUT2D eigenvalue weighted by Crippen LogP contribution is 2.62. The van der Waals surface area contributed by atoms with Crippen molar-refractivity contribution in [2.45, 2.75) is 83.8 Å². The van der Waals surface area contributed by atoms with Crippen LogP contribution in [0.5, 0.6) is 0 Å². The third kappa shape index (κ3) is 5.73. The zero-order valence-corrected chi connectivity index (χ0v) is 21.6. The zero-order valence-electron chi connectivity index (χ0n) is 21.6. The van der Waals surface area contributed by atoms with E-state index in [1.165, 1.54) is 0 Å². The average molecular weight is 519 g/mol. The quantitative estimate of drug-likeness (QED) is 0.290. The molecule has 3 aliphatic carbocycles. The number of aliphatic carboxylic acids is 2. The first-order valence-electron chi connectivity index (χ1n) is 13.3. The molecule has 0 bridgehead atoms. The molecule has 10 heteroatoms. The summed E-state index contributed by atoms with van der Waals surface area (Å²) in [4.78, 5) is 50.3. The van der Waals surface area contributed by atoms with Gasteiger partial charge in [-0.2, -0.15) is 0 Å². The Balaban J connectivity index is 0.000000349. The van der Waals surface area contributed by atoms with Gasteiger partial charge in [0.05, 0.1) is 5.71 Å². The second-order valence-corrected chi connectivity index (χ2v) is 11.6. The Morgan fingerprint density at radius 2 is 1.76 bits per heavy atom. The van der Waals surface area contributed by atoms with Gasteiger partial charge in [0.1, 0.15) is 18.0 Å². The largest absolute Gasteiger partial charge is 0.478 e. The molecule has 5 rings (SSSR count). The van der Waals surface area contributed by atoms with Crippen LogP contribution in [0.2, 0.25) is 0 Å². The van der Waals surface area contributed by atoms with Crippen molar-refractivity contribution in [3.63, 3.8) is 0 Å². The maximum atomic E-state index is 12.8. The summed E-state index contributed by atoms with van der Waals surface area (Å²) in [7, 11) is 0. The summed E-state index contributed by atoms with van der Waals surface area (Å²) in [6.45, 7) is 6.32. The van der Waals surface area contributed by atoms with Crippen molar-refractivity contribution in [1.82, 2.24) is 5.32 Å². The molecule has 0 amide bonds. The average Bonchev–Trinajstić information content (AvgIpc) is 3.44. The lowest BCUT2D eigenvalue weighted by Gasteiger charge is -2.52. The number of ketones is 1. The lowest BCUT2D eigenvalue weighted by Crippen LogP contribution is -2.51. The van der Waals surface area contributed by atoms with Crippen molar-refractivity contribution in [1.29, 1.82) is 0 Å². The number of esters is 1. The Bertz CT molecular complexity index is 971. The predicted octanol–water partition coefficient (Wildman–Crippen LogP) is 2.95. The molecule has 37 heavy (non-hydrogen) atoms. The maximum Gasteiger partial charge on any atom is 0.328 e. The highest BCUT2D eigenvalue weighted by atomic mass is 16.6.